The third kappa shape index (κ3) is 10.4. The summed E-state index contributed by atoms with van der Waals surface area (Å²) in [5.74, 6) is -2.65. The van der Waals surface area contributed by atoms with E-state index in [0.717, 1.165) is 19.3 Å². The van der Waals surface area contributed by atoms with Crippen molar-refractivity contribution in [1.29, 1.82) is 0 Å². The number of carbonyl (C=O) groups excluding carboxylic acids is 4. The Bertz CT molecular complexity index is 735. The average molecular weight is 519 g/mol. The lowest BCUT2D eigenvalue weighted by Crippen LogP contribution is -2.63. The first-order chi connectivity index (χ1) is 17.1. The Morgan fingerprint density at radius 1 is 0.861 bits per heavy atom. The van der Waals surface area contributed by atoms with Crippen LogP contribution in [0.1, 0.15) is 66.7 Å². The zero-order valence-electron chi connectivity index (χ0n) is 21.6. The lowest BCUT2D eigenvalue weighted by Gasteiger charge is -2.44. The van der Waals surface area contributed by atoms with Crippen molar-refractivity contribution in [3.8, 4) is 0 Å². The van der Waals surface area contributed by atoms with Crippen LogP contribution in [0.15, 0.2) is 0 Å². The maximum absolute atomic E-state index is 11.9. The third-order valence-corrected chi connectivity index (χ3v) is 5.51. The number of carbonyl (C=O) groups is 4. The molecule has 0 aromatic carbocycles. The van der Waals surface area contributed by atoms with Crippen molar-refractivity contribution in [2.75, 3.05) is 19.8 Å². The Morgan fingerprint density at radius 2 is 1.50 bits per heavy atom. The van der Waals surface area contributed by atoms with E-state index in [2.05, 4.69) is 0 Å². The lowest BCUT2D eigenvalue weighted by atomic mass is 9.98. The molecule has 2 unspecified atom stereocenters. The topological polar surface area (TPSA) is 142 Å². The van der Waals surface area contributed by atoms with Crippen LogP contribution in [0.25, 0.3) is 0 Å². The molecule has 0 amide bonds. The Labute approximate surface area is 211 Å². The van der Waals surface area contributed by atoms with E-state index < -0.39 is 54.6 Å². The SMILES string of the molecule is CC(=O)OC[C@H]1O[C@@H](OC(C)CCCOC2CCCCO2)[C@H](OC(C)=O)[C@@H](OC(C)=O)[C@H]1OC(C)=O. The molecule has 0 aliphatic carbocycles. The molecular weight excluding hydrogens is 480 g/mol. The number of hydrogen-bond acceptors (Lipinski definition) is 12. The highest BCUT2D eigenvalue weighted by atomic mass is 16.7. The highest BCUT2D eigenvalue weighted by Crippen LogP contribution is 2.31. The minimum atomic E-state index is -1.26. The molecule has 0 aromatic heterocycles. The lowest BCUT2D eigenvalue weighted by molar-refractivity contribution is -0.316. The van der Waals surface area contributed by atoms with Gasteiger partial charge in [-0.05, 0) is 39.0 Å². The van der Waals surface area contributed by atoms with Gasteiger partial charge in [-0.15, -0.1) is 0 Å². The first-order valence-corrected chi connectivity index (χ1v) is 12.3. The van der Waals surface area contributed by atoms with Crippen LogP contribution in [-0.4, -0.2) is 86.8 Å². The van der Waals surface area contributed by atoms with Crippen molar-refractivity contribution in [2.24, 2.45) is 0 Å². The molecule has 12 nitrogen and oxygen atoms in total. The van der Waals surface area contributed by atoms with Gasteiger partial charge in [0.1, 0.15) is 12.7 Å². The van der Waals surface area contributed by atoms with Gasteiger partial charge in [-0.2, -0.15) is 0 Å². The van der Waals surface area contributed by atoms with Gasteiger partial charge in [0.05, 0.1) is 6.10 Å². The van der Waals surface area contributed by atoms with Gasteiger partial charge >= 0.3 is 23.9 Å². The summed E-state index contributed by atoms with van der Waals surface area (Å²) < 4.78 is 44.5. The van der Waals surface area contributed by atoms with E-state index in [1.165, 1.54) is 27.7 Å². The summed E-state index contributed by atoms with van der Waals surface area (Å²) in [4.78, 5) is 47.0. The van der Waals surface area contributed by atoms with Crippen LogP contribution in [0.2, 0.25) is 0 Å². The summed E-state index contributed by atoms with van der Waals surface area (Å²) >= 11 is 0. The molecular formula is C24H38O12. The van der Waals surface area contributed by atoms with Crippen molar-refractivity contribution >= 4 is 23.9 Å². The van der Waals surface area contributed by atoms with Crippen LogP contribution in [0.4, 0.5) is 0 Å². The normalized spacial score (nSPS) is 29.0. The molecule has 2 aliphatic rings. The van der Waals surface area contributed by atoms with E-state index >= 15 is 0 Å². The van der Waals surface area contributed by atoms with Crippen LogP contribution < -0.4 is 0 Å². The molecule has 0 radical (unpaired) electrons. The van der Waals surface area contributed by atoms with Gasteiger partial charge in [0.25, 0.3) is 0 Å². The largest absolute Gasteiger partial charge is 0.463 e. The maximum Gasteiger partial charge on any atom is 0.303 e. The standard InChI is InChI=1S/C24H38O12/c1-14(9-8-12-30-20-10-6-7-11-29-20)32-24-23(35-18(5)28)22(34-17(4)27)21(33-16(3)26)19(36-24)13-31-15(2)25/h14,19-24H,6-13H2,1-5H3/t14?,19-,20?,21+,22+,23-,24-/m1/s1. The van der Waals surface area contributed by atoms with Crippen molar-refractivity contribution in [1.82, 2.24) is 0 Å². The summed E-state index contributed by atoms with van der Waals surface area (Å²) in [5, 5.41) is 0. The van der Waals surface area contributed by atoms with Crippen LogP contribution >= 0.6 is 0 Å². The molecule has 7 atom stereocenters. The summed E-state index contributed by atoms with van der Waals surface area (Å²) in [6.07, 6.45) is -2.25. The van der Waals surface area contributed by atoms with Gasteiger partial charge in [-0.25, -0.2) is 0 Å². The second-order valence-corrected chi connectivity index (χ2v) is 8.82. The van der Waals surface area contributed by atoms with Crippen molar-refractivity contribution in [3.63, 3.8) is 0 Å². The van der Waals surface area contributed by atoms with Gasteiger partial charge in [-0.3, -0.25) is 19.2 Å². The smallest absolute Gasteiger partial charge is 0.303 e. The molecule has 0 spiro atoms. The summed E-state index contributed by atoms with van der Waals surface area (Å²) in [6.45, 7) is 7.42. The van der Waals surface area contributed by atoms with E-state index in [4.69, 9.17) is 37.9 Å². The van der Waals surface area contributed by atoms with Gasteiger partial charge in [0.15, 0.2) is 30.9 Å². The summed E-state index contributed by atoms with van der Waals surface area (Å²) in [5.41, 5.74) is 0. The van der Waals surface area contributed by atoms with Crippen molar-refractivity contribution in [2.45, 2.75) is 110 Å². The molecule has 2 heterocycles. The van der Waals surface area contributed by atoms with Crippen molar-refractivity contribution < 1.29 is 57.1 Å². The molecule has 12 heteroatoms. The van der Waals surface area contributed by atoms with Gasteiger partial charge in [-0.1, -0.05) is 0 Å². The molecule has 0 bridgehead atoms. The monoisotopic (exact) mass is 518 g/mol. The fourth-order valence-electron chi connectivity index (χ4n) is 4.02. The van der Waals surface area contributed by atoms with Crippen LogP contribution in [0, 0.1) is 0 Å². The van der Waals surface area contributed by atoms with E-state index in [0.29, 0.717) is 26.1 Å². The molecule has 0 N–H and O–H groups in total. The molecule has 0 saturated carbocycles. The van der Waals surface area contributed by atoms with Gasteiger partial charge in [0.2, 0.25) is 0 Å². The van der Waals surface area contributed by atoms with Gasteiger partial charge in [0, 0.05) is 40.9 Å². The minimum Gasteiger partial charge on any atom is -0.463 e. The van der Waals surface area contributed by atoms with Crippen molar-refractivity contribution in [3.05, 3.63) is 0 Å². The molecule has 36 heavy (non-hydrogen) atoms. The Morgan fingerprint density at radius 3 is 2.08 bits per heavy atom. The third-order valence-electron chi connectivity index (χ3n) is 5.51. The molecule has 0 aromatic rings. The van der Waals surface area contributed by atoms with E-state index in [1.807, 2.05) is 6.92 Å². The number of hydrogen-bond donors (Lipinski definition) is 0. The fraction of sp³-hybridized carbons (Fsp3) is 0.833. The molecule has 2 saturated heterocycles. The quantitative estimate of drug-likeness (QED) is 0.211. The highest BCUT2D eigenvalue weighted by molar-refractivity contribution is 5.68. The molecule has 206 valence electrons. The van der Waals surface area contributed by atoms with E-state index in [9.17, 15) is 19.2 Å². The zero-order chi connectivity index (χ0) is 26.7. The molecule has 2 fully saturated rings. The van der Waals surface area contributed by atoms with Crippen LogP contribution in [0.3, 0.4) is 0 Å². The first kappa shape index (κ1) is 29.9. The second-order valence-electron chi connectivity index (χ2n) is 8.82. The molecule has 2 rings (SSSR count). The zero-order valence-corrected chi connectivity index (χ0v) is 21.6. The summed E-state index contributed by atoms with van der Waals surface area (Å²) in [7, 11) is 0. The number of rotatable bonds is 12. The predicted molar refractivity (Wildman–Crippen MR) is 121 cm³/mol. The predicted octanol–water partition coefficient (Wildman–Crippen LogP) is 1.80. The Kier molecular flexibility index (Phi) is 12.5. The number of ether oxygens (including phenoxy) is 8. The minimum absolute atomic E-state index is 0.185. The fourth-order valence-corrected chi connectivity index (χ4v) is 4.02. The van der Waals surface area contributed by atoms with Crippen LogP contribution in [-0.2, 0) is 57.1 Å². The number of esters is 4. The highest BCUT2D eigenvalue weighted by Gasteiger charge is 2.53. The first-order valence-electron chi connectivity index (χ1n) is 12.3. The van der Waals surface area contributed by atoms with Crippen LogP contribution in [0.5, 0.6) is 0 Å². The van der Waals surface area contributed by atoms with E-state index in [-0.39, 0.29) is 19.0 Å². The van der Waals surface area contributed by atoms with Gasteiger partial charge < -0.3 is 37.9 Å². The second kappa shape index (κ2) is 15.1. The Balaban J connectivity index is 2.11. The Hall–Kier alpha value is -2.28. The average Bonchev–Trinajstić information content (AvgIpc) is 2.79. The summed E-state index contributed by atoms with van der Waals surface area (Å²) in [6, 6.07) is 0. The molecule has 2 aliphatic heterocycles. The van der Waals surface area contributed by atoms with E-state index in [1.54, 1.807) is 0 Å². The maximum atomic E-state index is 11.9.